The Morgan fingerprint density at radius 1 is 1.20 bits per heavy atom. The first-order chi connectivity index (χ1) is 14.6. The number of furan rings is 1. The second kappa shape index (κ2) is 8.67. The average Bonchev–Trinajstić information content (AvgIpc) is 3.39. The molecule has 154 valence electrons. The van der Waals surface area contributed by atoms with Gasteiger partial charge < -0.3 is 19.4 Å². The Balaban J connectivity index is 1.66. The number of aromatic nitrogens is 1. The molecule has 0 radical (unpaired) electrons. The summed E-state index contributed by atoms with van der Waals surface area (Å²) in [6.07, 6.45) is 2.76. The van der Waals surface area contributed by atoms with Crippen molar-refractivity contribution in [3.8, 4) is 11.3 Å². The third-order valence-corrected chi connectivity index (χ3v) is 5.52. The highest BCUT2D eigenvalue weighted by atomic mass is 32.1. The van der Waals surface area contributed by atoms with E-state index in [1.165, 1.54) is 7.11 Å². The number of benzene rings is 1. The van der Waals surface area contributed by atoms with Crippen molar-refractivity contribution in [1.82, 2.24) is 15.2 Å². The predicted octanol–water partition coefficient (Wildman–Crippen LogP) is 4.51. The monoisotopic (exact) mass is 421 g/mol. The molecular formula is C23H23N3O3S. The molecule has 7 heteroatoms. The summed E-state index contributed by atoms with van der Waals surface area (Å²) in [6.45, 7) is 2.95. The number of ether oxygens (including phenoxy) is 1. The van der Waals surface area contributed by atoms with Crippen LogP contribution in [-0.4, -0.2) is 34.6 Å². The SMILES string of the molecule is CCCN1C(=S)N[C@H](c2ccccn2)[C@H]1c1ccc(-c2ccc(C(=O)OC)cc2)o1. The average molecular weight is 422 g/mol. The molecule has 0 unspecified atom stereocenters. The molecule has 1 aliphatic heterocycles. The van der Waals surface area contributed by atoms with Crippen molar-refractivity contribution in [2.75, 3.05) is 13.7 Å². The molecule has 2 atom stereocenters. The van der Waals surface area contributed by atoms with E-state index < -0.39 is 0 Å². The molecular weight excluding hydrogens is 398 g/mol. The van der Waals surface area contributed by atoms with Gasteiger partial charge in [0.15, 0.2) is 5.11 Å². The van der Waals surface area contributed by atoms with E-state index in [0.29, 0.717) is 10.7 Å². The van der Waals surface area contributed by atoms with Crippen LogP contribution in [0.4, 0.5) is 0 Å². The van der Waals surface area contributed by atoms with Gasteiger partial charge in [-0.1, -0.05) is 25.1 Å². The molecule has 30 heavy (non-hydrogen) atoms. The summed E-state index contributed by atoms with van der Waals surface area (Å²) in [4.78, 5) is 18.4. The van der Waals surface area contributed by atoms with Crippen LogP contribution >= 0.6 is 12.2 Å². The van der Waals surface area contributed by atoms with E-state index in [-0.39, 0.29) is 18.1 Å². The van der Waals surface area contributed by atoms with Crippen molar-refractivity contribution in [1.29, 1.82) is 0 Å². The first-order valence-electron chi connectivity index (χ1n) is 9.89. The van der Waals surface area contributed by atoms with Crippen molar-refractivity contribution in [2.45, 2.75) is 25.4 Å². The Bertz CT molecular complexity index is 1030. The number of pyridine rings is 1. The molecule has 6 nitrogen and oxygen atoms in total. The van der Waals surface area contributed by atoms with E-state index in [9.17, 15) is 4.79 Å². The van der Waals surface area contributed by atoms with Crippen LogP contribution in [-0.2, 0) is 4.74 Å². The minimum Gasteiger partial charge on any atom is -0.465 e. The fourth-order valence-electron chi connectivity index (χ4n) is 3.75. The molecule has 1 aliphatic rings. The maximum atomic E-state index is 11.7. The fraction of sp³-hybridized carbons (Fsp3) is 0.261. The molecule has 3 aromatic rings. The summed E-state index contributed by atoms with van der Waals surface area (Å²) in [5.41, 5.74) is 2.31. The van der Waals surface area contributed by atoms with Crippen LogP contribution in [0.5, 0.6) is 0 Å². The molecule has 0 aliphatic carbocycles. The van der Waals surface area contributed by atoms with Gasteiger partial charge in [-0.05, 0) is 55.0 Å². The topological polar surface area (TPSA) is 67.6 Å². The summed E-state index contributed by atoms with van der Waals surface area (Å²) >= 11 is 5.61. The van der Waals surface area contributed by atoms with Crippen molar-refractivity contribution in [3.63, 3.8) is 0 Å². The van der Waals surface area contributed by atoms with Crippen LogP contribution in [0.2, 0.25) is 0 Å². The van der Waals surface area contributed by atoms with Crippen molar-refractivity contribution < 1.29 is 13.9 Å². The largest absolute Gasteiger partial charge is 0.465 e. The van der Waals surface area contributed by atoms with Crippen molar-refractivity contribution in [2.24, 2.45) is 0 Å². The zero-order valence-corrected chi connectivity index (χ0v) is 17.7. The number of thiocarbonyl (C=S) groups is 1. The van der Waals surface area contributed by atoms with E-state index in [0.717, 1.165) is 35.7 Å². The van der Waals surface area contributed by atoms with Gasteiger partial charge in [0, 0.05) is 18.3 Å². The number of hydrogen-bond donors (Lipinski definition) is 1. The van der Waals surface area contributed by atoms with Gasteiger partial charge in [-0.15, -0.1) is 0 Å². The van der Waals surface area contributed by atoms with Crippen LogP contribution in [0.25, 0.3) is 11.3 Å². The number of hydrogen-bond acceptors (Lipinski definition) is 5. The second-order valence-electron chi connectivity index (χ2n) is 7.09. The summed E-state index contributed by atoms with van der Waals surface area (Å²) in [5.74, 6) is 1.19. The van der Waals surface area contributed by atoms with Crippen LogP contribution in [0, 0.1) is 0 Å². The second-order valence-corrected chi connectivity index (χ2v) is 7.48. The minimum atomic E-state index is -0.361. The van der Waals surface area contributed by atoms with E-state index in [4.69, 9.17) is 21.4 Å². The van der Waals surface area contributed by atoms with Gasteiger partial charge in [0.1, 0.15) is 17.6 Å². The zero-order chi connectivity index (χ0) is 21.1. The highest BCUT2D eigenvalue weighted by Crippen LogP contribution is 2.40. The van der Waals surface area contributed by atoms with Crippen molar-refractivity contribution >= 4 is 23.3 Å². The number of nitrogens with one attached hydrogen (secondary N) is 1. The smallest absolute Gasteiger partial charge is 0.337 e. The molecule has 3 heterocycles. The first-order valence-corrected chi connectivity index (χ1v) is 10.3. The normalized spacial score (nSPS) is 18.3. The number of carbonyl (C=O) groups excluding carboxylic acids is 1. The fourth-order valence-corrected chi connectivity index (χ4v) is 4.08. The maximum absolute atomic E-state index is 11.7. The van der Waals surface area contributed by atoms with E-state index in [1.807, 2.05) is 42.5 Å². The van der Waals surface area contributed by atoms with E-state index in [2.05, 4.69) is 22.1 Å². The number of carbonyl (C=O) groups is 1. The third kappa shape index (κ3) is 3.80. The van der Waals surface area contributed by atoms with E-state index >= 15 is 0 Å². The number of nitrogens with zero attached hydrogens (tertiary/aromatic N) is 2. The van der Waals surface area contributed by atoms with Crippen molar-refractivity contribution in [3.05, 3.63) is 77.8 Å². The standard InChI is InChI=1S/C23H23N3O3S/c1-3-14-26-21(20(25-23(26)30)17-6-4-5-13-24-17)19-12-11-18(29-19)15-7-9-16(10-8-15)22(27)28-2/h4-13,20-21H,3,14H2,1-2H3,(H,25,30)/t20-,21-/m1/s1. The predicted molar refractivity (Wildman–Crippen MR) is 118 cm³/mol. The molecule has 1 fully saturated rings. The molecule has 0 saturated carbocycles. The molecule has 1 aromatic carbocycles. The summed E-state index contributed by atoms with van der Waals surface area (Å²) in [7, 11) is 1.37. The van der Waals surface area contributed by atoms with Crippen LogP contribution in [0.15, 0.2) is 65.2 Å². The van der Waals surface area contributed by atoms with Gasteiger partial charge in [-0.25, -0.2) is 4.79 Å². The Labute approximate surface area is 180 Å². The summed E-state index contributed by atoms with van der Waals surface area (Å²) < 4.78 is 11.0. The molecule has 1 N–H and O–H groups in total. The molecule has 4 rings (SSSR count). The Morgan fingerprint density at radius 3 is 2.67 bits per heavy atom. The van der Waals surface area contributed by atoms with Crippen LogP contribution in [0.3, 0.4) is 0 Å². The molecule has 0 spiro atoms. The van der Waals surface area contributed by atoms with Crippen LogP contribution in [0.1, 0.15) is 47.2 Å². The summed E-state index contributed by atoms with van der Waals surface area (Å²) in [5, 5.41) is 4.12. The minimum absolute atomic E-state index is 0.0876. The lowest BCUT2D eigenvalue weighted by Gasteiger charge is -2.25. The lowest BCUT2D eigenvalue weighted by molar-refractivity contribution is 0.0600. The molecule has 1 saturated heterocycles. The lowest BCUT2D eigenvalue weighted by atomic mass is 10.0. The quantitative estimate of drug-likeness (QED) is 0.464. The molecule has 0 bridgehead atoms. The van der Waals surface area contributed by atoms with Gasteiger partial charge in [0.25, 0.3) is 0 Å². The first kappa shape index (κ1) is 20.1. The van der Waals surface area contributed by atoms with Gasteiger partial charge in [0.05, 0.1) is 24.4 Å². The summed E-state index contributed by atoms with van der Waals surface area (Å²) in [6, 6.07) is 16.8. The van der Waals surface area contributed by atoms with E-state index in [1.54, 1.807) is 18.3 Å². The Morgan fingerprint density at radius 2 is 2.00 bits per heavy atom. The maximum Gasteiger partial charge on any atom is 0.337 e. The Kier molecular flexibility index (Phi) is 5.81. The highest BCUT2D eigenvalue weighted by molar-refractivity contribution is 7.80. The van der Waals surface area contributed by atoms with Gasteiger partial charge in [0.2, 0.25) is 0 Å². The van der Waals surface area contributed by atoms with Crippen LogP contribution < -0.4 is 5.32 Å². The molecule has 2 aromatic heterocycles. The van der Waals surface area contributed by atoms with Gasteiger partial charge >= 0.3 is 5.97 Å². The van der Waals surface area contributed by atoms with Gasteiger partial charge in [-0.3, -0.25) is 4.98 Å². The van der Waals surface area contributed by atoms with Gasteiger partial charge in [-0.2, -0.15) is 0 Å². The molecule has 0 amide bonds. The highest BCUT2D eigenvalue weighted by Gasteiger charge is 2.41. The zero-order valence-electron chi connectivity index (χ0n) is 16.9. The Hall–Kier alpha value is -3.19. The number of rotatable bonds is 6. The third-order valence-electron chi connectivity index (χ3n) is 5.17. The number of methoxy groups -OCH3 is 1. The number of esters is 1. The lowest BCUT2D eigenvalue weighted by Crippen LogP contribution is -2.30.